The van der Waals surface area contributed by atoms with Gasteiger partial charge >= 0.3 is 0 Å². The van der Waals surface area contributed by atoms with Crippen LogP contribution in [0.3, 0.4) is 0 Å². The summed E-state index contributed by atoms with van der Waals surface area (Å²) in [4.78, 5) is 22.1. The minimum Gasteiger partial charge on any atom is -0.387 e. The number of amides is 1. The van der Waals surface area contributed by atoms with E-state index in [1.807, 2.05) is 0 Å². The lowest BCUT2D eigenvalue weighted by atomic mass is 10.1. The predicted molar refractivity (Wildman–Crippen MR) is 71.5 cm³/mol. The fraction of sp³-hybridized carbons (Fsp3) is 0.417. The van der Waals surface area contributed by atoms with Crippen LogP contribution in [0.4, 0.5) is 11.4 Å². The molecule has 1 aromatic carbocycles. The number of non-ortho nitro benzene ring substituents is 1. The zero-order valence-corrected chi connectivity index (χ0v) is 10.9. The number of carbonyl (C=O) groups excluding carboxylic acids is 1. The molecule has 104 valence electrons. The van der Waals surface area contributed by atoms with Gasteiger partial charge in [0.2, 0.25) is 0 Å². The zero-order chi connectivity index (χ0) is 14.3. The van der Waals surface area contributed by atoms with Crippen LogP contribution in [0, 0.1) is 10.1 Å². The molecule has 2 N–H and O–H groups in total. The van der Waals surface area contributed by atoms with Crippen molar-refractivity contribution in [1.82, 2.24) is 5.32 Å². The summed E-state index contributed by atoms with van der Waals surface area (Å²) >= 11 is 0. The van der Waals surface area contributed by atoms with E-state index >= 15 is 0 Å². The Balaban J connectivity index is 2.81. The van der Waals surface area contributed by atoms with E-state index < -0.39 is 4.92 Å². The van der Waals surface area contributed by atoms with Crippen molar-refractivity contribution in [3.8, 4) is 0 Å². The second-order valence-electron chi connectivity index (χ2n) is 3.84. The minimum atomic E-state index is -0.527. The number of anilines is 1. The molecule has 1 aromatic rings. The van der Waals surface area contributed by atoms with Gasteiger partial charge in [-0.05, 0) is 12.5 Å². The normalized spacial score (nSPS) is 10.0. The lowest BCUT2D eigenvalue weighted by molar-refractivity contribution is -0.384. The van der Waals surface area contributed by atoms with Gasteiger partial charge in [0.25, 0.3) is 11.6 Å². The maximum atomic E-state index is 11.9. The standard InChI is InChI=1S/C12H17N3O4/c1-13-11-5-4-9(15(17)18)8-10(11)12(16)14-6-3-7-19-2/h4-5,8,13H,3,6-7H2,1-2H3,(H,14,16). The van der Waals surface area contributed by atoms with Gasteiger partial charge in [0.15, 0.2) is 0 Å². The molecular formula is C12H17N3O4. The molecule has 0 unspecified atom stereocenters. The Morgan fingerprint density at radius 1 is 1.47 bits per heavy atom. The Hall–Kier alpha value is -2.15. The van der Waals surface area contributed by atoms with Crippen LogP contribution < -0.4 is 10.6 Å². The Kier molecular flexibility index (Phi) is 5.74. The van der Waals surface area contributed by atoms with E-state index in [1.54, 1.807) is 14.2 Å². The van der Waals surface area contributed by atoms with Gasteiger partial charge in [0.1, 0.15) is 0 Å². The van der Waals surface area contributed by atoms with E-state index in [0.717, 1.165) is 0 Å². The first-order valence-electron chi connectivity index (χ1n) is 5.83. The van der Waals surface area contributed by atoms with Gasteiger partial charge in [0.05, 0.1) is 10.5 Å². The molecule has 0 spiro atoms. The van der Waals surface area contributed by atoms with Gasteiger partial charge in [-0.1, -0.05) is 0 Å². The summed E-state index contributed by atoms with van der Waals surface area (Å²) < 4.78 is 4.87. The maximum Gasteiger partial charge on any atom is 0.270 e. The van der Waals surface area contributed by atoms with Crippen molar-refractivity contribution in [2.45, 2.75) is 6.42 Å². The van der Waals surface area contributed by atoms with Gasteiger partial charge in [-0.15, -0.1) is 0 Å². The van der Waals surface area contributed by atoms with Gasteiger partial charge in [0, 0.05) is 45.1 Å². The average Bonchev–Trinajstić information content (AvgIpc) is 2.42. The molecule has 0 heterocycles. The van der Waals surface area contributed by atoms with Gasteiger partial charge in [-0.3, -0.25) is 14.9 Å². The second kappa shape index (κ2) is 7.32. The molecule has 0 aliphatic carbocycles. The number of rotatable bonds is 7. The number of hydrogen-bond acceptors (Lipinski definition) is 5. The average molecular weight is 267 g/mol. The Morgan fingerprint density at radius 3 is 2.79 bits per heavy atom. The first-order valence-corrected chi connectivity index (χ1v) is 5.83. The van der Waals surface area contributed by atoms with Gasteiger partial charge in [-0.2, -0.15) is 0 Å². The van der Waals surface area contributed by atoms with E-state index in [2.05, 4.69) is 10.6 Å². The van der Waals surface area contributed by atoms with Crippen LogP contribution in [-0.2, 0) is 4.74 Å². The molecule has 0 atom stereocenters. The highest BCUT2D eigenvalue weighted by Crippen LogP contribution is 2.21. The third-order valence-electron chi connectivity index (χ3n) is 2.54. The Morgan fingerprint density at radius 2 is 2.21 bits per heavy atom. The molecule has 0 bridgehead atoms. The number of ether oxygens (including phenoxy) is 1. The zero-order valence-electron chi connectivity index (χ0n) is 10.9. The quantitative estimate of drug-likeness (QED) is 0.442. The van der Waals surface area contributed by atoms with Crippen molar-refractivity contribution in [1.29, 1.82) is 0 Å². The van der Waals surface area contributed by atoms with Crippen LogP contribution in [0.15, 0.2) is 18.2 Å². The first-order chi connectivity index (χ1) is 9.10. The van der Waals surface area contributed by atoms with E-state index in [1.165, 1.54) is 18.2 Å². The molecule has 7 nitrogen and oxygen atoms in total. The number of benzene rings is 1. The molecule has 7 heteroatoms. The van der Waals surface area contributed by atoms with Crippen molar-refractivity contribution in [2.75, 3.05) is 32.6 Å². The van der Waals surface area contributed by atoms with Crippen LogP contribution in [-0.4, -0.2) is 38.1 Å². The summed E-state index contributed by atoms with van der Waals surface area (Å²) in [6.45, 7) is 1.01. The van der Waals surface area contributed by atoms with Crippen LogP contribution in [0.1, 0.15) is 16.8 Å². The number of nitrogens with zero attached hydrogens (tertiary/aromatic N) is 1. The van der Waals surface area contributed by atoms with Gasteiger partial charge < -0.3 is 15.4 Å². The third-order valence-corrected chi connectivity index (χ3v) is 2.54. The summed E-state index contributed by atoms with van der Waals surface area (Å²) in [6, 6.07) is 4.13. The maximum absolute atomic E-state index is 11.9. The number of nitro groups is 1. The number of nitrogens with one attached hydrogen (secondary N) is 2. The van der Waals surface area contributed by atoms with Crippen LogP contribution >= 0.6 is 0 Å². The fourth-order valence-electron chi connectivity index (χ4n) is 1.57. The molecule has 0 aromatic heterocycles. The largest absolute Gasteiger partial charge is 0.387 e. The number of carbonyl (C=O) groups is 1. The second-order valence-corrected chi connectivity index (χ2v) is 3.84. The molecular weight excluding hydrogens is 250 g/mol. The molecule has 0 saturated heterocycles. The number of methoxy groups -OCH3 is 1. The minimum absolute atomic E-state index is 0.110. The van der Waals surface area contributed by atoms with E-state index in [9.17, 15) is 14.9 Å². The molecule has 0 aliphatic heterocycles. The molecule has 0 radical (unpaired) electrons. The van der Waals surface area contributed by atoms with Gasteiger partial charge in [-0.25, -0.2) is 0 Å². The van der Waals surface area contributed by atoms with Crippen molar-refractivity contribution in [3.05, 3.63) is 33.9 Å². The number of hydrogen-bond donors (Lipinski definition) is 2. The van der Waals surface area contributed by atoms with Crippen molar-refractivity contribution in [2.24, 2.45) is 0 Å². The highest BCUT2D eigenvalue weighted by atomic mass is 16.6. The van der Waals surface area contributed by atoms with Crippen LogP contribution in [0.5, 0.6) is 0 Å². The highest BCUT2D eigenvalue weighted by molar-refractivity contribution is 6.00. The molecule has 1 amide bonds. The van der Waals surface area contributed by atoms with Crippen LogP contribution in [0.25, 0.3) is 0 Å². The predicted octanol–water partition coefficient (Wildman–Crippen LogP) is 1.40. The van der Waals surface area contributed by atoms with Crippen molar-refractivity contribution < 1.29 is 14.5 Å². The lowest BCUT2D eigenvalue weighted by Crippen LogP contribution is -2.26. The number of nitro benzene ring substituents is 1. The Labute approximate surface area is 111 Å². The molecule has 0 saturated carbocycles. The van der Waals surface area contributed by atoms with E-state index in [-0.39, 0.29) is 17.2 Å². The molecule has 1 rings (SSSR count). The molecule has 19 heavy (non-hydrogen) atoms. The fourth-order valence-corrected chi connectivity index (χ4v) is 1.57. The smallest absolute Gasteiger partial charge is 0.270 e. The highest BCUT2D eigenvalue weighted by Gasteiger charge is 2.15. The summed E-state index contributed by atoms with van der Waals surface area (Å²) in [5.41, 5.74) is 0.699. The lowest BCUT2D eigenvalue weighted by Gasteiger charge is -2.09. The summed E-state index contributed by atoms with van der Waals surface area (Å²) in [6.07, 6.45) is 0.687. The van der Waals surface area contributed by atoms with Crippen molar-refractivity contribution >= 4 is 17.3 Å². The van der Waals surface area contributed by atoms with Crippen LogP contribution in [0.2, 0.25) is 0 Å². The van der Waals surface area contributed by atoms with E-state index in [4.69, 9.17) is 4.74 Å². The first kappa shape index (κ1) is 14.9. The summed E-state index contributed by atoms with van der Waals surface area (Å²) in [5.74, 6) is -0.343. The molecule has 0 fully saturated rings. The Bertz CT molecular complexity index is 462. The monoisotopic (exact) mass is 267 g/mol. The van der Waals surface area contributed by atoms with Crippen molar-refractivity contribution in [3.63, 3.8) is 0 Å². The van der Waals surface area contributed by atoms with E-state index in [0.29, 0.717) is 25.3 Å². The summed E-state index contributed by atoms with van der Waals surface area (Å²) in [7, 11) is 3.24. The third kappa shape index (κ3) is 4.22. The summed E-state index contributed by atoms with van der Waals surface area (Å²) in [5, 5.41) is 16.2. The molecule has 0 aliphatic rings. The SMILES string of the molecule is CNc1ccc([N+](=O)[O-])cc1C(=O)NCCCOC. The topological polar surface area (TPSA) is 93.5 Å².